The molecule has 308 valence electrons. The molecule has 8 rings (SSSR count). The third-order valence-corrected chi connectivity index (χ3v) is 10.9. The number of rotatable bonds is 12. The van der Waals surface area contributed by atoms with Crippen molar-refractivity contribution >= 4 is 52.3 Å². The Morgan fingerprint density at radius 2 is 1.08 bits per heavy atom. The van der Waals surface area contributed by atoms with Gasteiger partial charge in [0.1, 0.15) is 5.82 Å². The number of halogens is 3. The summed E-state index contributed by atoms with van der Waals surface area (Å²) < 4.78 is 0. The average Bonchev–Trinajstić information content (AvgIpc) is 4.16. The van der Waals surface area contributed by atoms with Crippen molar-refractivity contribution in [3.8, 4) is 0 Å². The summed E-state index contributed by atoms with van der Waals surface area (Å²) in [5.41, 5.74) is 23.0. The molecule has 0 aliphatic heterocycles. The predicted octanol–water partition coefficient (Wildman–Crippen LogP) is 7.23. The fourth-order valence-corrected chi connectivity index (χ4v) is 7.15. The van der Waals surface area contributed by atoms with Crippen LogP contribution in [0.4, 0.5) is 5.69 Å². The maximum atomic E-state index is 12.0. The van der Waals surface area contributed by atoms with Gasteiger partial charge in [0.2, 0.25) is 17.1 Å². The highest BCUT2D eigenvalue weighted by molar-refractivity contribution is 6.32. The monoisotopic (exact) mass is 855 g/mol. The van der Waals surface area contributed by atoms with Crippen LogP contribution in [0.2, 0.25) is 15.3 Å². The van der Waals surface area contributed by atoms with E-state index in [4.69, 9.17) is 52.0 Å². The predicted molar refractivity (Wildman–Crippen MR) is 232 cm³/mol. The molecule has 59 heavy (non-hydrogen) atoms. The SMILES string of the molecule is C.C.NC(=O)C1(c2ccccc2CCc2nc(Cc3ccnnc3)ncc2Cl)CC1.NC(=O)C1(c2ccccc2CCc2nc(Cl)ncc2Cl)CC1.Nc1ccnnc1. The van der Waals surface area contributed by atoms with Crippen molar-refractivity contribution in [2.24, 2.45) is 11.5 Å². The average molecular weight is 857 g/mol. The number of benzene rings is 2. The van der Waals surface area contributed by atoms with Gasteiger partial charge in [-0.1, -0.05) is 86.6 Å². The number of carbonyl (C=O) groups is 2. The van der Waals surface area contributed by atoms with Crippen molar-refractivity contribution < 1.29 is 9.59 Å². The van der Waals surface area contributed by atoms with Crippen molar-refractivity contribution in [2.75, 3.05) is 5.73 Å². The Labute approximate surface area is 359 Å². The van der Waals surface area contributed by atoms with E-state index in [1.165, 1.54) is 12.4 Å². The normalized spacial score (nSPS) is 13.7. The van der Waals surface area contributed by atoms with E-state index in [9.17, 15) is 9.59 Å². The Balaban J connectivity index is 0.000000221. The molecule has 6 aromatic rings. The highest BCUT2D eigenvalue weighted by Crippen LogP contribution is 2.50. The summed E-state index contributed by atoms with van der Waals surface area (Å²) in [4.78, 5) is 40.7. The van der Waals surface area contributed by atoms with E-state index in [2.05, 4.69) is 46.4 Å². The quantitative estimate of drug-likeness (QED) is 0.104. The van der Waals surface area contributed by atoms with Gasteiger partial charge in [-0.3, -0.25) is 9.59 Å². The second-order valence-corrected chi connectivity index (χ2v) is 15.0. The number of anilines is 1. The molecular weight excluding hydrogens is 809 g/mol. The molecule has 0 saturated heterocycles. The maximum Gasteiger partial charge on any atom is 0.228 e. The van der Waals surface area contributed by atoms with Crippen molar-refractivity contribution in [2.45, 2.75) is 83.5 Å². The minimum absolute atomic E-state index is 0. The first-order chi connectivity index (χ1) is 27.5. The lowest BCUT2D eigenvalue weighted by atomic mass is 9.88. The summed E-state index contributed by atoms with van der Waals surface area (Å²) in [5, 5.41) is 15.9. The zero-order valence-corrected chi connectivity index (χ0v) is 33.1. The first-order valence-electron chi connectivity index (χ1n) is 18.2. The largest absolute Gasteiger partial charge is 0.397 e. The van der Waals surface area contributed by atoms with E-state index in [0.717, 1.165) is 72.0 Å². The van der Waals surface area contributed by atoms with Gasteiger partial charge in [-0.2, -0.15) is 20.4 Å². The zero-order chi connectivity index (χ0) is 40.4. The molecular formula is C43H48Cl3N11O2. The van der Waals surface area contributed by atoms with E-state index in [1.807, 2.05) is 48.5 Å². The summed E-state index contributed by atoms with van der Waals surface area (Å²) in [6.07, 6.45) is 16.1. The molecule has 2 aliphatic rings. The lowest BCUT2D eigenvalue weighted by Crippen LogP contribution is -2.29. The summed E-state index contributed by atoms with van der Waals surface area (Å²) in [6, 6.07) is 19.5. The molecule has 0 spiro atoms. The molecule has 6 N–H and O–H groups in total. The second-order valence-electron chi connectivity index (χ2n) is 13.8. The first-order valence-corrected chi connectivity index (χ1v) is 19.4. The summed E-state index contributed by atoms with van der Waals surface area (Å²) >= 11 is 18.2. The fourth-order valence-electron chi connectivity index (χ4n) is 6.63. The number of nitrogens with two attached hydrogens (primary N) is 3. The van der Waals surface area contributed by atoms with Gasteiger partial charge in [0.25, 0.3) is 0 Å². The summed E-state index contributed by atoms with van der Waals surface area (Å²) in [7, 11) is 0. The number of hydrogen-bond donors (Lipinski definition) is 3. The van der Waals surface area contributed by atoms with Crippen LogP contribution < -0.4 is 17.2 Å². The Hall–Kier alpha value is -5.63. The number of nitrogen functional groups attached to an aromatic ring is 1. The molecule has 2 saturated carbocycles. The van der Waals surface area contributed by atoms with Crippen LogP contribution in [-0.2, 0) is 52.5 Å². The lowest BCUT2D eigenvalue weighted by Gasteiger charge is -2.16. The van der Waals surface area contributed by atoms with Crippen molar-refractivity contribution in [1.82, 2.24) is 40.3 Å². The van der Waals surface area contributed by atoms with Gasteiger partial charge in [-0.05, 0) is 103 Å². The van der Waals surface area contributed by atoms with Crippen LogP contribution in [0.3, 0.4) is 0 Å². The molecule has 4 heterocycles. The molecule has 13 nitrogen and oxygen atoms in total. The van der Waals surface area contributed by atoms with E-state index < -0.39 is 10.8 Å². The van der Waals surface area contributed by atoms with E-state index in [1.54, 1.807) is 30.9 Å². The van der Waals surface area contributed by atoms with Crippen molar-refractivity contribution in [1.29, 1.82) is 0 Å². The van der Waals surface area contributed by atoms with E-state index in [-0.39, 0.29) is 32.0 Å². The van der Waals surface area contributed by atoms with Crippen LogP contribution in [0.25, 0.3) is 0 Å². The summed E-state index contributed by atoms with van der Waals surface area (Å²) in [5.74, 6) is 0.202. The molecule has 0 radical (unpaired) electrons. The number of hydrogen-bond acceptors (Lipinski definition) is 11. The number of primary amides is 2. The Bertz CT molecular complexity index is 2330. The topological polar surface area (TPSA) is 215 Å². The zero-order valence-electron chi connectivity index (χ0n) is 30.9. The molecule has 2 aliphatic carbocycles. The summed E-state index contributed by atoms with van der Waals surface area (Å²) in [6.45, 7) is 0. The third kappa shape index (κ3) is 11.7. The number of nitrogens with zero attached hydrogens (tertiary/aromatic N) is 8. The van der Waals surface area contributed by atoms with Crippen molar-refractivity contribution in [3.05, 3.63) is 158 Å². The molecule has 0 unspecified atom stereocenters. The minimum Gasteiger partial charge on any atom is -0.397 e. The van der Waals surface area contributed by atoms with Crippen LogP contribution in [-0.4, -0.2) is 52.1 Å². The van der Waals surface area contributed by atoms with Crippen LogP contribution in [0.1, 0.15) is 85.6 Å². The lowest BCUT2D eigenvalue weighted by molar-refractivity contribution is -0.121. The first kappa shape index (κ1) is 46.1. The smallest absolute Gasteiger partial charge is 0.228 e. The van der Waals surface area contributed by atoms with Gasteiger partial charge in [-0.15, -0.1) is 0 Å². The molecule has 4 aromatic heterocycles. The number of aromatic nitrogens is 8. The standard InChI is InChI=1S/C21H20ClN5O.C16H15Cl2N3O.C4H5N3.2CH4/c22-17-13-24-19(11-14-7-10-25-26-12-14)27-18(17)6-5-15-3-1-2-4-16(15)21(8-9-21)20(23)28;17-12-9-20-15(18)21-13(12)6-5-10-3-1-2-4-11(10)16(7-8-16)14(19)22;5-4-1-2-6-7-3-4;;/h1-4,7,10,12-13H,5-6,8-9,11H2,(H2,23,28);1-4,9H,5-8H2,(H2,19,22);1-3H,(H2,5,6);2*1H4. The van der Waals surface area contributed by atoms with E-state index in [0.29, 0.717) is 46.5 Å². The van der Waals surface area contributed by atoms with Gasteiger partial charge in [0.15, 0.2) is 0 Å². The Morgan fingerprint density at radius 3 is 1.53 bits per heavy atom. The van der Waals surface area contributed by atoms with Crippen LogP contribution >= 0.6 is 34.8 Å². The van der Waals surface area contributed by atoms with Crippen LogP contribution in [0, 0.1) is 0 Å². The molecule has 2 aromatic carbocycles. The van der Waals surface area contributed by atoms with Crippen molar-refractivity contribution in [3.63, 3.8) is 0 Å². The van der Waals surface area contributed by atoms with Gasteiger partial charge in [-0.25, -0.2) is 19.9 Å². The highest BCUT2D eigenvalue weighted by atomic mass is 35.5. The van der Waals surface area contributed by atoms with Gasteiger partial charge in [0, 0.05) is 18.8 Å². The number of amides is 2. The number of carbonyl (C=O) groups excluding carboxylic acids is 2. The third-order valence-electron chi connectivity index (χ3n) is 10.0. The van der Waals surface area contributed by atoms with E-state index >= 15 is 0 Å². The Morgan fingerprint density at radius 1 is 0.593 bits per heavy atom. The Kier molecular flexibility index (Phi) is 16.3. The molecule has 0 bridgehead atoms. The second kappa shape index (κ2) is 20.9. The fraction of sp³-hybridized carbons (Fsp3) is 0.302. The van der Waals surface area contributed by atoms with Crippen LogP contribution in [0.15, 0.2) is 97.8 Å². The minimum atomic E-state index is -0.494. The highest BCUT2D eigenvalue weighted by Gasteiger charge is 2.51. The van der Waals surface area contributed by atoms with Gasteiger partial charge < -0.3 is 17.2 Å². The van der Waals surface area contributed by atoms with Gasteiger partial charge >= 0.3 is 0 Å². The maximum absolute atomic E-state index is 12.0. The van der Waals surface area contributed by atoms with Crippen LogP contribution in [0.5, 0.6) is 0 Å². The molecule has 16 heteroatoms. The molecule has 2 amide bonds. The molecule has 0 atom stereocenters. The number of aryl methyl sites for hydroxylation is 4. The van der Waals surface area contributed by atoms with Gasteiger partial charge in [0.05, 0.1) is 62.7 Å². The molecule has 2 fully saturated rings.